The second-order valence-electron chi connectivity index (χ2n) is 3.55. The molecule has 1 aromatic rings. The van der Waals surface area contributed by atoms with Gasteiger partial charge in [0.05, 0.1) is 16.6 Å². The average molecular weight is 268 g/mol. The van der Waals surface area contributed by atoms with Crippen molar-refractivity contribution in [1.29, 1.82) is 0 Å². The molecule has 0 aliphatic heterocycles. The van der Waals surface area contributed by atoms with Crippen LogP contribution in [-0.2, 0) is 4.79 Å². The average Bonchev–Trinajstić information content (AvgIpc) is 2.19. The molecule has 2 atom stereocenters. The smallest absolute Gasteiger partial charge is 0.392 e. The van der Waals surface area contributed by atoms with E-state index in [0.29, 0.717) is 0 Å². The Morgan fingerprint density at radius 2 is 2.06 bits per heavy atom. The number of hydrogen-bond donors (Lipinski definition) is 1. The summed E-state index contributed by atoms with van der Waals surface area (Å²) >= 11 is 5.53. The van der Waals surface area contributed by atoms with E-state index in [1.54, 1.807) is 0 Å². The first-order valence-electron chi connectivity index (χ1n) is 4.64. The van der Waals surface area contributed by atoms with E-state index < -0.39 is 24.0 Å². The van der Waals surface area contributed by atoms with Crippen LogP contribution in [0.1, 0.15) is 18.5 Å². The van der Waals surface area contributed by atoms with Gasteiger partial charge in [0.2, 0.25) is 0 Å². The Morgan fingerprint density at radius 3 is 2.41 bits per heavy atom. The van der Waals surface area contributed by atoms with Gasteiger partial charge < -0.3 is 5.11 Å². The van der Waals surface area contributed by atoms with Gasteiger partial charge in [0.15, 0.2) is 0 Å². The fourth-order valence-electron chi connectivity index (χ4n) is 1.36. The summed E-state index contributed by atoms with van der Waals surface area (Å²) in [4.78, 5) is 14.5. The largest absolute Gasteiger partial charge is 0.481 e. The molecule has 94 valence electrons. The third-order valence-corrected chi connectivity index (χ3v) is 2.57. The molecule has 1 heterocycles. The first-order valence-corrected chi connectivity index (χ1v) is 5.02. The van der Waals surface area contributed by atoms with Crippen molar-refractivity contribution < 1.29 is 23.1 Å². The number of halogens is 4. The third-order valence-electron chi connectivity index (χ3n) is 2.35. The molecule has 0 spiro atoms. The van der Waals surface area contributed by atoms with Gasteiger partial charge in [0.1, 0.15) is 5.92 Å². The molecule has 0 amide bonds. The van der Waals surface area contributed by atoms with Crippen LogP contribution in [0.5, 0.6) is 0 Å². The Hall–Kier alpha value is -1.30. The van der Waals surface area contributed by atoms with Gasteiger partial charge in [-0.25, -0.2) is 0 Å². The minimum atomic E-state index is -4.59. The molecular formula is C10H9ClF3NO2. The van der Waals surface area contributed by atoms with E-state index >= 15 is 0 Å². The van der Waals surface area contributed by atoms with Gasteiger partial charge in [0.25, 0.3) is 0 Å². The van der Waals surface area contributed by atoms with Gasteiger partial charge >= 0.3 is 12.1 Å². The summed E-state index contributed by atoms with van der Waals surface area (Å²) in [5.41, 5.74) is -0.160. The summed E-state index contributed by atoms with van der Waals surface area (Å²) in [6.07, 6.45) is -3.47. The van der Waals surface area contributed by atoms with E-state index in [1.807, 2.05) is 0 Å². The number of alkyl halides is 3. The summed E-state index contributed by atoms with van der Waals surface area (Å²) in [5, 5.41) is 9.09. The Bertz CT molecular complexity index is 405. The zero-order valence-corrected chi connectivity index (χ0v) is 9.46. The SMILES string of the molecule is CC(C(C(=O)O)c1ccc(Cl)cn1)C(F)(F)F. The van der Waals surface area contributed by atoms with Gasteiger partial charge in [-0.3, -0.25) is 9.78 Å². The summed E-state index contributed by atoms with van der Waals surface area (Å²) in [5.74, 6) is -5.31. The lowest BCUT2D eigenvalue weighted by Gasteiger charge is -2.22. The third kappa shape index (κ3) is 3.33. The molecule has 1 N–H and O–H groups in total. The standard InChI is InChI=1S/C10H9ClF3NO2/c1-5(10(12,13)14)8(9(16)17)7-3-2-6(11)4-15-7/h2-5,8H,1H3,(H,16,17). The Kier molecular flexibility index (Phi) is 3.98. The van der Waals surface area contributed by atoms with Crippen molar-refractivity contribution in [2.45, 2.75) is 19.0 Å². The number of rotatable bonds is 3. The molecule has 0 fully saturated rings. The van der Waals surface area contributed by atoms with Crippen LogP contribution in [0, 0.1) is 5.92 Å². The second-order valence-corrected chi connectivity index (χ2v) is 3.98. The molecule has 0 bridgehead atoms. The molecule has 0 aliphatic rings. The van der Waals surface area contributed by atoms with Gasteiger partial charge in [-0.1, -0.05) is 18.5 Å². The molecule has 1 rings (SSSR count). The van der Waals surface area contributed by atoms with Crippen LogP contribution < -0.4 is 0 Å². The van der Waals surface area contributed by atoms with Crippen LogP contribution in [0.25, 0.3) is 0 Å². The molecule has 17 heavy (non-hydrogen) atoms. The first-order chi connectivity index (χ1) is 7.73. The van der Waals surface area contributed by atoms with Crippen molar-refractivity contribution in [3.8, 4) is 0 Å². The molecule has 7 heteroatoms. The van der Waals surface area contributed by atoms with Crippen molar-refractivity contribution in [3.63, 3.8) is 0 Å². The van der Waals surface area contributed by atoms with Gasteiger partial charge in [0, 0.05) is 6.20 Å². The fourth-order valence-corrected chi connectivity index (χ4v) is 1.47. The van der Waals surface area contributed by atoms with E-state index in [2.05, 4.69) is 4.98 Å². The van der Waals surface area contributed by atoms with Crippen molar-refractivity contribution in [1.82, 2.24) is 4.98 Å². The minimum absolute atomic E-state index is 0.160. The summed E-state index contributed by atoms with van der Waals surface area (Å²) < 4.78 is 37.5. The number of hydrogen-bond acceptors (Lipinski definition) is 2. The topological polar surface area (TPSA) is 50.2 Å². The predicted molar refractivity (Wildman–Crippen MR) is 54.8 cm³/mol. The van der Waals surface area contributed by atoms with Crippen LogP contribution >= 0.6 is 11.6 Å². The quantitative estimate of drug-likeness (QED) is 0.915. The number of nitrogens with zero attached hydrogens (tertiary/aromatic N) is 1. The Morgan fingerprint density at radius 1 is 1.47 bits per heavy atom. The second kappa shape index (κ2) is 4.91. The number of carbonyl (C=O) groups is 1. The molecule has 0 aromatic carbocycles. The van der Waals surface area contributed by atoms with Crippen LogP contribution in [0.4, 0.5) is 13.2 Å². The van der Waals surface area contributed by atoms with E-state index in [9.17, 15) is 18.0 Å². The maximum atomic E-state index is 12.5. The van der Waals surface area contributed by atoms with Gasteiger partial charge in [-0.05, 0) is 12.1 Å². The molecule has 0 saturated heterocycles. The highest BCUT2D eigenvalue weighted by atomic mass is 35.5. The number of aromatic nitrogens is 1. The number of carboxylic acid groups (broad SMARTS) is 1. The van der Waals surface area contributed by atoms with Crippen molar-refractivity contribution in [3.05, 3.63) is 29.0 Å². The molecule has 0 saturated carbocycles. The van der Waals surface area contributed by atoms with Crippen molar-refractivity contribution in [2.75, 3.05) is 0 Å². The van der Waals surface area contributed by atoms with Crippen LogP contribution in [0.3, 0.4) is 0 Å². The van der Waals surface area contributed by atoms with E-state index in [-0.39, 0.29) is 10.7 Å². The Labute approximate surface area is 100 Å². The molecule has 2 unspecified atom stereocenters. The zero-order chi connectivity index (χ0) is 13.2. The first kappa shape index (κ1) is 13.8. The predicted octanol–water partition coefficient (Wildman–Crippen LogP) is 3.10. The van der Waals surface area contributed by atoms with Gasteiger partial charge in [-0.15, -0.1) is 0 Å². The number of pyridine rings is 1. The molecule has 3 nitrogen and oxygen atoms in total. The normalized spacial score (nSPS) is 15.4. The molecule has 1 aromatic heterocycles. The van der Waals surface area contributed by atoms with E-state index in [0.717, 1.165) is 13.1 Å². The maximum absolute atomic E-state index is 12.5. The number of carboxylic acids is 1. The molecule has 0 radical (unpaired) electrons. The fraction of sp³-hybridized carbons (Fsp3) is 0.400. The lowest BCUT2D eigenvalue weighted by molar-refractivity contribution is -0.184. The van der Waals surface area contributed by atoms with Crippen LogP contribution in [0.2, 0.25) is 5.02 Å². The molecular weight excluding hydrogens is 259 g/mol. The van der Waals surface area contributed by atoms with Gasteiger partial charge in [-0.2, -0.15) is 13.2 Å². The van der Waals surface area contributed by atoms with Crippen LogP contribution in [-0.4, -0.2) is 22.2 Å². The minimum Gasteiger partial charge on any atom is -0.481 e. The lowest BCUT2D eigenvalue weighted by atomic mass is 9.90. The highest BCUT2D eigenvalue weighted by molar-refractivity contribution is 6.30. The summed E-state index contributed by atoms with van der Waals surface area (Å²) in [7, 11) is 0. The van der Waals surface area contributed by atoms with Crippen LogP contribution in [0.15, 0.2) is 18.3 Å². The van der Waals surface area contributed by atoms with Crippen molar-refractivity contribution >= 4 is 17.6 Å². The maximum Gasteiger partial charge on any atom is 0.392 e. The van der Waals surface area contributed by atoms with E-state index in [4.69, 9.17) is 16.7 Å². The highest BCUT2D eigenvalue weighted by Gasteiger charge is 2.45. The van der Waals surface area contributed by atoms with E-state index in [1.165, 1.54) is 12.1 Å². The zero-order valence-electron chi connectivity index (χ0n) is 8.70. The molecule has 0 aliphatic carbocycles. The monoisotopic (exact) mass is 267 g/mol. The lowest BCUT2D eigenvalue weighted by Crippen LogP contribution is -2.31. The number of aliphatic carboxylic acids is 1. The highest BCUT2D eigenvalue weighted by Crippen LogP contribution is 2.36. The summed E-state index contributed by atoms with van der Waals surface area (Å²) in [6, 6.07) is 2.49. The summed E-state index contributed by atoms with van der Waals surface area (Å²) in [6.45, 7) is 0.815. The Balaban J connectivity index is 3.10. The van der Waals surface area contributed by atoms with Crippen molar-refractivity contribution in [2.24, 2.45) is 5.92 Å².